The Balaban J connectivity index is 0.000000213. The summed E-state index contributed by atoms with van der Waals surface area (Å²) < 4.78 is 37.9. The number of nitrogens with zero attached hydrogens (tertiary/aromatic N) is 12. The lowest BCUT2D eigenvalue weighted by Gasteiger charge is -2.18. The molecule has 123 heavy (non-hydrogen) atoms. The summed E-state index contributed by atoms with van der Waals surface area (Å²) in [4.78, 5) is 66.5. The third-order valence-electron chi connectivity index (χ3n) is 19.1. The lowest BCUT2D eigenvalue weighted by molar-refractivity contribution is 0.112. The molecule has 0 radical (unpaired) electrons. The number of carbonyl (C=O) groups is 1. The number of fused-ring (bicyclic) bond motifs is 3. The summed E-state index contributed by atoms with van der Waals surface area (Å²) in [7, 11) is 6.27. The Morgan fingerprint density at radius 1 is 0.480 bits per heavy atom. The van der Waals surface area contributed by atoms with Gasteiger partial charge in [0.1, 0.15) is 86.1 Å². The van der Waals surface area contributed by atoms with Gasteiger partial charge in [0.2, 0.25) is 0 Å². The molecule has 0 amide bonds. The second kappa shape index (κ2) is 49.7. The van der Waals surface area contributed by atoms with Gasteiger partial charge in [0.15, 0.2) is 6.29 Å². The van der Waals surface area contributed by atoms with Crippen molar-refractivity contribution in [3.8, 4) is 73.9 Å². The molecule has 0 aliphatic rings. The zero-order chi connectivity index (χ0) is 88.5. The summed E-state index contributed by atoms with van der Waals surface area (Å²) in [5, 5.41) is 29.0. The molecular formula is C91H101Cl7N16O9. The van der Waals surface area contributed by atoms with Crippen molar-refractivity contribution in [2.45, 2.75) is 88.9 Å². The summed E-state index contributed by atoms with van der Waals surface area (Å²) in [5.74, 6) is 5.63. The molecule has 0 fully saturated rings. The number of pyridine rings is 9. The number of aromatic nitrogens is 9. The van der Waals surface area contributed by atoms with Crippen molar-refractivity contribution < 1.29 is 33.2 Å². The first-order valence-electron chi connectivity index (χ1n) is 39.1. The Bertz CT molecular complexity index is 5760. The molecule has 9 heterocycles. The number of rotatable bonds is 28. The van der Waals surface area contributed by atoms with Gasteiger partial charge < -0.3 is 68.3 Å². The van der Waals surface area contributed by atoms with Crippen LogP contribution in [-0.2, 0) is 26.1 Å². The van der Waals surface area contributed by atoms with E-state index in [1.54, 1.807) is 160 Å². The number of benzene rings is 4. The smallest absolute Gasteiger partial charge is 0.259 e. The van der Waals surface area contributed by atoms with E-state index in [0.29, 0.717) is 159 Å². The second-order valence-corrected chi connectivity index (χ2v) is 29.0. The number of nitriles is 1. The molecule has 13 aromatic rings. The van der Waals surface area contributed by atoms with Crippen molar-refractivity contribution in [3.63, 3.8) is 0 Å². The first-order valence-corrected chi connectivity index (χ1v) is 41.7. The van der Waals surface area contributed by atoms with Crippen LogP contribution in [0.25, 0.3) is 66.1 Å². The van der Waals surface area contributed by atoms with Gasteiger partial charge in [-0.05, 0) is 163 Å². The number of likely N-dealkylation sites (N-methyl/N-ethyl adjacent to an activating group) is 2. The summed E-state index contributed by atoms with van der Waals surface area (Å²) in [5.41, 5.74) is 13.4. The third kappa shape index (κ3) is 26.4. The number of nitrogens with two attached hydrogens (primary N) is 1. The number of anilines is 4. The molecule has 0 atom stereocenters. The van der Waals surface area contributed by atoms with Gasteiger partial charge in [-0.3, -0.25) is 19.8 Å². The fourth-order valence-corrected chi connectivity index (χ4v) is 14.3. The van der Waals surface area contributed by atoms with Gasteiger partial charge in [0, 0.05) is 125 Å². The lowest BCUT2D eigenvalue weighted by atomic mass is 10.0. The molecule has 5 N–H and O–H groups in total. The monoisotopic (exact) mass is 1810 g/mol. The third-order valence-corrected chi connectivity index (χ3v) is 21.0. The number of methoxy groups -OCH3 is 4. The van der Waals surface area contributed by atoms with Gasteiger partial charge in [-0.2, -0.15) is 5.26 Å². The van der Waals surface area contributed by atoms with Crippen LogP contribution in [0.2, 0.25) is 35.5 Å². The largest absolute Gasteiger partial charge is 0.496 e. The van der Waals surface area contributed by atoms with Gasteiger partial charge in [0.25, 0.3) is 11.1 Å². The summed E-state index contributed by atoms with van der Waals surface area (Å²) in [6.45, 7) is 26.0. The minimum Gasteiger partial charge on any atom is -0.496 e. The van der Waals surface area contributed by atoms with E-state index >= 15 is 0 Å². The molecule has 0 unspecified atom stereocenters. The van der Waals surface area contributed by atoms with E-state index in [1.165, 1.54) is 6.20 Å². The Hall–Kier alpha value is -11.3. The van der Waals surface area contributed by atoms with Gasteiger partial charge in [-0.25, -0.2) is 29.9 Å². The first-order chi connectivity index (χ1) is 58.9. The van der Waals surface area contributed by atoms with Crippen LogP contribution >= 0.6 is 81.2 Å². The molecule has 9 aromatic heterocycles. The molecule has 32 heteroatoms. The molecular weight excluding hydrogens is 1710 g/mol. The van der Waals surface area contributed by atoms with E-state index in [4.69, 9.17) is 126 Å². The highest BCUT2D eigenvalue weighted by atomic mass is 35.5. The molecule has 0 bridgehead atoms. The number of nitrogens with one attached hydrogen (secondary N) is 3. The number of aldehydes is 1. The Labute approximate surface area is 751 Å². The molecule has 25 nitrogen and oxygen atoms in total. The predicted molar refractivity (Wildman–Crippen MR) is 501 cm³/mol. The Kier molecular flexibility index (Phi) is 40.0. The van der Waals surface area contributed by atoms with Crippen LogP contribution in [0.3, 0.4) is 0 Å². The van der Waals surface area contributed by atoms with Crippen LogP contribution in [-0.4, -0.2) is 147 Å². The number of ether oxygens (including phenoxy) is 6. The van der Waals surface area contributed by atoms with Crippen molar-refractivity contribution in [1.82, 2.24) is 53.4 Å². The maximum Gasteiger partial charge on any atom is 0.259 e. The highest BCUT2D eigenvalue weighted by molar-refractivity contribution is 6.35. The molecule has 0 saturated heterocycles. The SMILES string of the molecule is C.CCN(CC)CCOc1ccc(N)nc1.CCN(CC)CCOc1ccc(Nc2cc3c(cn2)cc(-c2c(Cl)cccc2OC)c(=O)n3CC)nc1.CCNc1cc(Cl)ncc1C=O.CCn1c(=N)c(-c2c(Cl)cccc2OC)cc2cnc(Cl)cc21.CCn1c(=O)c(-c2c(Cl)cccc2OC)cc2cnc(Cl)cc21.COc1cccc(Cl)c1CC#N. The first kappa shape index (κ1) is 98.8. The quantitative estimate of drug-likeness (QED) is 0.0262. The molecule has 0 aliphatic carbocycles. The molecule has 0 saturated carbocycles. The van der Waals surface area contributed by atoms with Crippen molar-refractivity contribution >= 4 is 143 Å². The van der Waals surface area contributed by atoms with Crippen LogP contribution in [0.5, 0.6) is 34.5 Å². The minimum atomic E-state index is -0.150. The summed E-state index contributed by atoms with van der Waals surface area (Å²) in [6, 6.07) is 43.2. The average molecular weight is 1810 g/mol. The fraction of sp³-hybridized carbons (Fsp3) is 0.286. The van der Waals surface area contributed by atoms with Gasteiger partial charge in [-0.15, -0.1) is 0 Å². The topological polar surface area (TPSA) is 303 Å². The van der Waals surface area contributed by atoms with Crippen molar-refractivity contribution in [2.75, 3.05) is 104 Å². The number of carbonyl (C=O) groups excluding carboxylic acids is 1. The normalized spacial score (nSPS) is 10.6. The number of aryl methyl sites for hydroxylation is 3. The number of hydrogen-bond acceptors (Lipinski definition) is 22. The predicted octanol–water partition coefficient (Wildman–Crippen LogP) is 20.9. The van der Waals surface area contributed by atoms with Gasteiger partial charge >= 0.3 is 0 Å². The van der Waals surface area contributed by atoms with Gasteiger partial charge in [0.05, 0.1) is 102 Å². The Morgan fingerprint density at radius 3 is 1.31 bits per heavy atom. The van der Waals surface area contributed by atoms with Crippen LogP contribution < -0.4 is 61.4 Å². The fourth-order valence-electron chi connectivity index (χ4n) is 12.8. The zero-order valence-electron chi connectivity index (χ0n) is 69.8. The van der Waals surface area contributed by atoms with Crippen LogP contribution in [0.4, 0.5) is 23.1 Å². The molecule has 648 valence electrons. The highest BCUT2D eigenvalue weighted by Gasteiger charge is 2.22. The highest BCUT2D eigenvalue weighted by Crippen LogP contribution is 2.40. The lowest BCUT2D eigenvalue weighted by Crippen LogP contribution is -2.27. The van der Waals surface area contributed by atoms with Crippen molar-refractivity contribution in [3.05, 3.63) is 250 Å². The second-order valence-electron chi connectivity index (χ2n) is 26.2. The summed E-state index contributed by atoms with van der Waals surface area (Å²) in [6.07, 6.45) is 10.9. The Morgan fingerprint density at radius 2 is 0.886 bits per heavy atom. The van der Waals surface area contributed by atoms with Crippen LogP contribution in [0, 0.1) is 16.7 Å². The minimum absolute atomic E-state index is 0. The van der Waals surface area contributed by atoms with Gasteiger partial charge in [-0.1, -0.05) is 141 Å². The van der Waals surface area contributed by atoms with Crippen molar-refractivity contribution in [1.29, 1.82) is 10.7 Å². The summed E-state index contributed by atoms with van der Waals surface area (Å²) >= 11 is 42.6. The maximum atomic E-state index is 13.5. The van der Waals surface area contributed by atoms with E-state index in [0.717, 1.165) is 102 Å². The van der Waals surface area contributed by atoms with E-state index < -0.39 is 0 Å². The average Bonchev–Trinajstić information content (AvgIpc) is 0.770. The van der Waals surface area contributed by atoms with Crippen molar-refractivity contribution in [2.24, 2.45) is 0 Å². The maximum absolute atomic E-state index is 13.5. The number of halogens is 7. The molecule has 13 rings (SSSR count). The van der Waals surface area contributed by atoms with Crippen LogP contribution in [0.15, 0.2) is 186 Å². The van der Waals surface area contributed by atoms with Crippen LogP contribution in [0.1, 0.15) is 78.7 Å². The van der Waals surface area contributed by atoms with E-state index in [9.17, 15) is 14.4 Å². The number of hydrogen-bond donors (Lipinski definition) is 4. The number of nitrogen functional groups attached to an aromatic ring is 1. The molecule has 4 aromatic carbocycles. The standard InChI is InChI=1S/C28H32ClN5O3.C17H15Cl2N3O.C17H14Cl2N2O2.C11H19N3O.C9H8ClNO.C8H9ClN2O.CH4/c1-5-33(6-2)13-14-37-20-11-12-25(31-18-20)32-26-16-23-19(17-30-26)15-21(28(35)34(23)7-3)27-22(29)9-8-10-24(27)36-4;1-3-22-13-8-15(19)21-9-10(13)7-11(17(22)20)16-12(18)5-4-6-14(16)23-2;1-3-21-13-8-15(19)20-9-10(13)7-11(17(21)22)16-12(18)5-4-6-14(16)23-2;1-3-14(4-2)7-8-15-10-5-6-11(12)13-9-10;1-12-9-4-2-3-8(10)7(9)5-6-11;1-2-10-7-3-8(9)11-4-6(7)5-12;/h8-12,15-18H,5-7,13-14H2,1-4H3,(H,30,31,32);4-9,20H,3H2,1-2H3;4-9H,3H2,1-2H3;5-6,9H,3-4,7-8H2,1-2H3,(H2,12,13);2-4H,5H2,1H3;3-5H,2H2,1H3,(H,10,11);1H4. The molecule has 0 spiro atoms. The van der Waals surface area contributed by atoms with E-state index in [-0.39, 0.29) is 25.0 Å². The van der Waals surface area contributed by atoms with E-state index in [1.807, 2.05) is 86.9 Å². The zero-order valence-corrected chi connectivity index (χ0v) is 75.1. The molecule has 0 aliphatic heterocycles. The van der Waals surface area contributed by atoms with E-state index in [2.05, 4.69) is 78.0 Å².